The third kappa shape index (κ3) is 2.83. The van der Waals surface area contributed by atoms with Crippen LogP contribution in [0.3, 0.4) is 0 Å². The molecule has 16 heavy (non-hydrogen) atoms. The molecular formula is C10H14Cl2N4. The fourth-order valence-electron chi connectivity index (χ4n) is 1.81. The third-order valence-corrected chi connectivity index (χ3v) is 3.30. The van der Waals surface area contributed by atoms with Gasteiger partial charge in [-0.15, -0.1) is 0 Å². The second-order valence-electron chi connectivity index (χ2n) is 3.98. The Hall–Kier alpha value is -0.420. The molecule has 88 valence electrons. The van der Waals surface area contributed by atoms with Crippen LogP contribution in [0.15, 0.2) is 6.20 Å². The summed E-state index contributed by atoms with van der Waals surface area (Å²) < 4.78 is 0. The van der Waals surface area contributed by atoms with Crippen LogP contribution in [0.4, 0.5) is 0 Å². The largest absolute Gasteiger partial charge is 0.314 e. The molecule has 2 rings (SSSR count). The van der Waals surface area contributed by atoms with Crippen LogP contribution in [0.25, 0.3) is 0 Å². The Kier molecular flexibility index (Phi) is 3.97. The second kappa shape index (κ2) is 5.27. The molecule has 0 saturated carbocycles. The van der Waals surface area contributed by atoms with Gasteiger partial charge in [0.15, 0.2) is 0 Å². The highest BCUT2D eigenvalue weighted by Crippen LogP contribution is 2.17. The Bertz CT molecular complexity index is 372. The monoisotopic (exact) mass is 260 g/mol. The molecule has 1 N–H and O–H groups in total. The number of hydrogen-bond donors (Lipinski definition) is 1. The quantitative estimate of drug-likeness (QED) is 0.648. The summed E-state index contributed by atoms with van der Waals surface area (Å²) in [5, 5.41) is 3.99. The third-order valence-electron chi connectivity index (χ3n) is 2.79. The molecule has 1 atom stereocenters. The fraction of sp³-hybridized carbons (Fsp3) is 0.600. The lowest BCUT2D eigenvalue weighted by Gasteiger charge is -2.33. The second-order valence-corrected chi connectivity index (χ2v) is 4.67. The van der Waals surface area contributed by atoms with Crippen molar-refractivity contribution in [2.75, 3.05) is 19.6 Å². The molecule has 2 heterocycles. The van der Waals surface area contributed by atoms with Gasteiger partial charge in [-0.1, -0.05) is 11.6 Å². The number of nitrogens with zero attached hydrogens (tertiary/aromatic N) is 3. The van der Waals surface area contributed by atoms with E-state index in [0.29, 0.717) is 11.2 Å². The van der Waals surface area contributed by atoms with Crippen LogP contribution < -0.4 is 5.32 Å². The van der Waals surface area contributed by atoms with Crippen molar-refractivity contribution in [2.45, 2.75) is 19.5 Å². The maximum atomic E-state index is 6.02. The zero-order chi connectivity index (χ0) is 11.5. The van der Waals surface area contributed by atoms with Crippen molar-refractivity contribution in [1.29, 1.82) is 0 Å². The molecule has 1 aromatic rings. The maximum absolute atomic E-state index is 6.02. The molecule has 0 spiro atoms. The van der Waals surface area contributed by atoms with Crippen molar-refractivity contribution >= 4 is 23.2 Å². The number of nitrogens with one attached hydrogen (secondary N) is 1. The Labute approximate surface area is 105 Å². The Balaban J connectivity index is 2.07. The summed E-state index contributed by atoms with van der Waals surface area (Å²) >= 11 is 11.7. The van der Waals surface area contributed by atoms with Gasteiger partial charge >= 0.3 is 0 Å². The number of halogens is 2. The van der Waals surface area contributed by atoms with Crippen molar-refractivity contribution in [3.05, 3.63) is 22.2 Å². The standard InChI is InChI=1S/C10H14Cl2N4/c1-7-4-13-2-3-16(7)6-8-5-14-10(12)15-9(8)11/h5,7,13H,2-4,6H2,1H3/t7-/m1/s1. The first-order valence-corrected chi connectivity index (χ1v) is 6.04. The van der Waals surface area contributed by atoms with Gasteiger partial charge in [-0.25, -0.2) is 9.97 Å². The normalized spacial score (nSPS) is 22.3. The molecule has 1 saturated heterocycles. The molecule has 1 aliphatic rings. The van der Waals surface area contributed by atoms with E-state index in [9.17, 15) is 0 Å². The predicted octanol–water partition coefficient (Wildman–Crippen LogP) is 1.58. The van der Waals surface area contributed by atoms with E-state index in [-0.39, 0.29) is 5.28 Å². The molecule has 0 aliphatic carbocycles. The lowest BCUT2D eigenvalue weighted by Crippen LogP contribution is -2.49. The summed E-state index contributed by atoms with van der Waals surface area (Å²) in [6.07, 6.45) is 1.70. The predicted molar refractivity (Wildman–Crippen MR) is 64.8 cm³/mol. The average Bonchev–Trinajstić information content (AvgIpc) is 2.25. The molecular weight excluding hydrogens is 247 g/mol. The van der Waals surface area contributed by atoms with Crippen LogP contribution >= 0.6 is 23.2 Å². The first-order chi connectivity index (χ1) is 7.66. The number of aromatic nitrogens is 2. The van der Waals surface area contributed by atoms with E-state index >= 15 is 0 Å². The first-order valence-electron chi connectivity index (χ1n) is 5.28. The number of rotatable bonds is 2. The van der Waals surface area contributed by atoms with Crippen molar-refractivity contribution in [1.82, 2.24) is 20.2 Å². The molecule has 0 radical (unpaired) electrons. The molecule has 0 unspecified atom stereocenters. The van der Waals surface area contributed by atoms with E-state index in [2.05, 4.69) is 27.1 Å². The van der Waals surface area contributed by atoms with Crippen molar-refractivity contribution < 1.29 is 0 Å². The average molecular weight is 261 g/mol. The molecule has 0 aromatic carbocycles. The zero-order valence-corrected chi connectivity index (χ0v) is 10.6. The molecule has 1 fully saturated rings. The summed E-state index contributed by atoms with van der Waals surface area (Å²) in [4.78, 5) is 10.3. The van der Waals surface area contributed by atoms with Crippen LogP contribution in [0.2, 0.25) is 10.4 Å². The van der Waals surface area contributed by atoms with Crippen LogP contribution in [0.1, 0.15) is 12.5 Å². The van der Waals surface area contributed by atoms with Gasteiger partial charge in [0.1, 0.15) is 5.15 Å². The molecule has 0 amide bonds. The summed E-state index contributed by atoms with van der Waals surface area (Å²) in [7, 11) is 0. The minimum absolute atomic E-state index is 0.196. The molecule has 6 heteroatoms. The Morgan fingerprint density at radius 3 is 3.06 bits per heavy atom. The lowest BCUT2D eigenvalue weighted by atomic mass is 10.2. The van der Waals surface area contributed by atoms with Gasteiger partial charge in [0.05, 0.1) is 0 Å². The van der Waals surface area contributed by atoms with Crippen molar-refractivity contribution in [2.24, 2.45) is 0 Å². The molecule has 4 nitrogen and oxygen atoms in total. The van der Waals surface area contributed by atoms with Gasteiger partial charge in [0.25, 0.3) is 0 Å². The van der Waals surface area contributed by atoms with Gasteiger partial charge in [0, 0.05) is 44.0 Å². The molecule has 0 bridgehead atoms. The summed E-state index contributed by atoms with van der Waals surface area (Å²) in [5.41, 5.74) is 0.930. The van der Waals surface area contributed by atoms with Crippen LogP contribution in [-0.4, -0.2) is 40.5 Å². The number of piperazine rings is 1. The summed E-state index contributed by atoms with van der Waals surface area (Å²) in [5.74, 6) is 0. The lowest BCUT2D eigenvalue weighted by molar-refractivity contribution is 0.165. The van der Waals surface area contributed by atoms with Gasteiger partial charge < -0.3 is 5.32 Å². The van der Waals surface area contributed by atoms with Gasteiger partial charge in [-0.05, 0) is 18.5 Å². The van der Waals surface area contributed by atoms with Gasteiger partial charge in [-0.2, -0.15) is 0 Å². The van der Waals surface area contributed by atoms with E-state index in [0.717, 1.165) is 31.7 Å². The van der Waals surface area contributed by atoms with E-state index < -0.39 is 0 Å². The van der Waals surface area contributed by atoms with Crippen LogP contribution in [0, 0.1) is 0 Å². The van der Waals surface area contributed by atoms with Crippen molar-refractivity contribution in [3.63, 3.8) is 0 Å². The first kappa shape index (κ1) is 12.0. The van der Waals surface area contributed by atoms with E-state index in [1.807, 2.05) is 0 Å². The Morgan fingerprint density at radius 1 is 1.56 bits per heavy atom. The van der Waals surface area contributed by atoms with Crippen molar-refractivity contribution in [3.8, 4) is 0 Å². The fourth-order valence-corrected chi connectivity index (χ4v) is 2.17. The van der Waals surface area contributed by atoms with Crippen LogP contribution in [-0.2, 0) is 6.54 Å². The van der Waals surface area contributed by atoms with Crippen LogP contribution in [0.5, 0.6) is 0 Å². The van der Waals surface area contributed by atoms with E-state index in [1.54, 1.807) is 6.20 Å². The van der Waals surface area contributed by atoms with E-state index in [1.165, 1.54) is 0 Å². The maximum Gasteiger partial charge on any atom is 0.223 e. The smallest absolute Gasteiger partial charge is 0.223 e. The number of hydrogen-bond acceptors (Lipinski definition) is 4. The summed E-state index contributed by atoms with van der Waals surface area (Å²) in [6, 6.07) is 0.500. The van der Waals surface area contributed by atoms with E-state index in [4.69, 9.17) is 23.2 Å². The van der Waals surface area contributed by atoms with Gasteiger partial charge in [-0.3, -0.25) is 4.90 Å². The zero-order valence-electron chi connectivity index (χ0n) is 9.08. The molecule has 1 aromatic heterocycles. The SMILES string of the molecule is C[C@@H]1CNCCN1Cc1cnc(Cl)nc1Cl. The minimum Gasteiger partial charge on any atom is -0.314 e. The highest BCUT2D eigenvalue weighted by Gasteiger charge is 2.19. The topological polar surface area (TPSA) is 41.0 Å². The van der Waals surface area contributed by atoms with Gasteiger partial charge in [0.2, 0.25) is 5.28 Å². The summed E-state index contributed by atoms with van der Waals surface area (Å²) in [6.45, 7) is 6.00. The minimum atomic E-state index is 0.196. The molecule has 1 aliphatic heterocycles. The highest BCUT2D eigenvalue weighted by atomic mass is 35.5. The highest BCUT2D eigenvalue weighted by molar-refractivity contribution is 6.32. The Morgan fingerprint density at radius 2 is 2.38 bits per heavy atom.